The Morgan fingerprint density at radius 3 is 2.55 bits per heavy atom. The largest absolute Gasteiger partial charge is 0.507 e. The molecule has 0 aliphatic carbocycles. The van der Waals surface area contributed by atoms with Crippen LogP contribution in [0.25, 0.3) is 5.76 Å². The van der Waals surface area contributed by atoms with Gasteiger partial charge in [-0.2, -0.15) is 0 Å². The number of hydrogen-bond donors (Lipinski definition) is 1. The van der Waals surface area contributed by atoms with Crippen LogP contribution in [0.5, 0.6) is 0 Å². The lowest BCUT2D eigenvalue weighted by molar-refractivity contribution is -0.140. The first kappa shape index (κ1) is 19.0. The molecule has 1 unspecified atom stereocenters. The van der Waals surface area contributed by atoms with Crippen LogP contribution >= 0.6 is 11.6 Å². The fourth-order valence-electron chi connectivity index (χ4n) is 3.39. The van der Waals surface area contributed by atoms with Crippen LogP contribution in [0.15, 0.2) is 70.9 Å². The number of benzene rings is 1. The minimum absolute atomic E-state index is 0.0180. The number of furan rings is 1. The van der Waals surface area contributed by atoms with Crippen LogP contribution in [0, 0.1) is 6.92 Å². The van der Waals surface area contributed by atoms with Gasteiger partial charge >= 0.3 is 0 Å². The molecule has 1 aromatic carbocycles. The predicted octanol–water partition coefficient (Wildman–Crippen LogP) is 4.26. The Kier molecular flexibility index (Phi) is 4.94. The van der Waals surface area contributed by atoms with Gasteiger partial charge in [0.1, 0.15) is 23.3 Å². The van der Waals surface area contributed by atoms with E-state index in [2.05, 4.69) is 4.98 Å². The number of nitrogens with zero attached hydrogens (tertiary/aromatic N) is 2. The third-order valence-corrected chi connectivity index (χ3v) is 5.02. The summed E-state index contributed by atoms with van der Waals surface area (Å²) in [6.45, 7) is 1.93. The second kappa shape index (κ2) is 7.56. The first-order valence-electron chi connectivity index (χ1n) is 8.95. The average molecular weight is 409 g/mol. The molecule has 6 nitrogen and oxygen atoms in total. The van der Waals surface area contributed by atoms with Crippen molar-refractivity contribution in [2.45, 2.75) is 19.5 Å². The van der Waals surface area contributed by atoms with Gasteiger partial charge in [-0.05, 0) is 55.0 Å². The predicted molar refractivity (Wildman–Crippen MR) is 107 cm³/mol. The highest BCUT2D eigenvalue weighted by molar-refractivity contribution is 6.46. The van der Waals surface area contributed by atoms with E-state index in [1.54, 1.807) is 61.8 Å². The lowest BCUT2D eigenvalue weighted by Crippen LogP contribution is -2.29. The van der Waals surface area contributed by atoms with Crippen molar-refractivity contribution in [2.24, 2.45) is 0 Å². The van der Waals surface area contributed by atoms with Crippen LogP contribution in [-0.2, 0) is 16.1 Å². The van der Waals surface area contributed by atoms with Crippen LogP contribution in [0.1, 0.15) is 28.7 Å². The molecule has 1 atom stereocenters. The van der Waals surface area contributed by atoms with Gasteiger partial charge in [0.2, 0.25) is 0 Å². The average Bonchev–Trinajstić information content (AvgIpc) is 3.25. The minimum Gasteiger partial charge on any atom is -0.507 e. The van der Waals surface area contributed by atoms with Gasteiger partial charge in [0, 0.05) is 29.5 Å². The van der Waals surface area contributed by atoms with E-state index in [1.165, 1.54) is 4.90 Å². The standard InChI is InChI=1S/C22H17ClN2O4/c1-13-4-9-17(29-13)19-18(20(26)15-5-7-16(23)8-6-15)21(27)22(28)25(19)12-14-3-2-10-24-11-14/h2-11,19,26H,12H2,1H3/b20-18-. The molecule has 0 spiro atoms. The van der Waals surface area contributed by atoms with Crippen LogP contribution in [-0.4, -0.2) is 26.7 Å². The van der Waals surface area contributed by atoms with Crippen molar-refractivity contribution in [3.05, 3.63) is 94.2 Å². The number of hydrogen-bond acceptors (Lipinski definition) is 5. The summed E-state index contributed by atoms with van der Waals surface area (Å²) in [4.78, 5) is 31.2. The van der Waals surface area contributed by atoms with E-state index in [1.807, 2.05) is 6.07 Å². The van der Waals surface area contributed by atoms with Gasteiger partial charge in [0.15, 0.2) is 0 Å². The molecule has 1 aliphatic rings. The van der Waals surface area contributed by atoms with E-state index in [-0.39, 0.29) is 17.9 Å². The number of likely N-dealkylation sites (tertiary alicyclic amines) is 1. The minimum atomic E-state index is -0.848. The van der Waals surface area contributed by atoms with Crippen LogP contribution in [0.2, 0.25) is 5.02 Å². The number of ketones is 1. The fourth-order valence-corrected chi connectivity index (χ4v) is 3.52. The molecule has 3 aromatic rings. The second-order valence-corrected chi connectivity index (χ2v) is 7.18. The van der Waals surface area contributed by atoms with E-state index in [0.717, 1.165) is 5.56 Å². The molecule has 1 amide bonds. The molecular weight excluding hydrogens is 392 g/mol. The number of aliphatic hydroxyl groups excluding tert-OH is 1. The van der Waals surface area contributed by atoms with Crippen molar-refractivity contribution in [1.29, 1.82) is 0 Å². The van der Waals surface area contributed by atoms with Crippen molar-refractivity contribution >= 4 is 29.1 Å². The summed E-state index contributed by atoms with van der Waals surface area (Å²) in [6, 6.07) is 12.6. The summed E-state index contributed by atoms with van der Waals surface area (Å²) >= 11 is 5.92. The zero-order valence-electron chi connectivity index (χ0n) is 15.5. The number of halogens is 1. The molecule has 29 heavy (non-hydrogen) atoms. The molecule has 7 heteroatoms. The third-order valence-electron chi connectivity index (χ3n) is 4.76. The lowest BCUT2D eigenvalue weighted by atomic mass is 9.99. The van der Waals surface area contributed by atoms with Crippen molar-refractivity contribution < 1.29 is 19.1 Å². The number of aliphatic hydroxyl groups is 1. The van der Waals surface area contributed by atoms with Crippen molar-refractivity contribution in [3.63, 3.8) is 0 Å². The summed E-state index contributed by atoms with van der Waals surface area (Å²) < 4.78 is 5.74. The van der Waals surface area contributed by atoms with Crippen LogP contribution < -0.4 is 0 Å². The molecule has 1 fully saturated rings. The van der Waals surface area contributed by atoms with Crippen molar-refractivity contribution in [3.8, 4) is 0 Å². The number of carbonyl (C=O) groups is 2. The summed E-state index contributed by atoms with van der Waals surface area (Å²) in [5, 5.41) is 11.4. The van der Waals surface area contributed by atoms with E-state index in [9.17, 15) is 14.7 Å². The van der Waals surface area contributed by atoms with E-state index >= 15 is 0 Å². The first-order chi connectivity index (χ1) is 14.0. The summed E-state index contributed by atoms with van der Waals surface area (Å²) in [5.74, 6) is -0.698. The van der Waals surface area contributed by atoms with Gasteiger partial charge in [-0.3, -0.25) is 14.6 Å². The number of aryl methyl sites for hydroxylation is 1. The first-order valence-corrected chi connectivity index (χ1v) is 9.33. The van der Waals surface area contributed by atoms with Gasteiger partial charge in [0.25, 0.3) is 11.7 Å². The normalized spacial score (nSPS) is 18.4. The number of aromatic nitrogens is 1. The van der Waals surface area contributed by atoms with E-state index in [0.29, 0.717) is 22.1 Å². The van der Waals surface area contributed by atoms with Crippen LogP contribution in [0.3, 0.4) is 0 Å². The Morgan fingerprint density at radius 2 is 1.93 bits per heavy atom. The van der Waals surface area contributed by atoms with Crippen molar-refractivity contribution in [2.75, 3.05) is 0 Å². The highest BCUT2D eigenvalue weighted by Gasteiger charge is 2.47. The molecule has 1 N–H and O–H groups in total. The highest BCUT2D eigenvalue weighted by atomic mass is 35.5. The number of carbonyl (C=O) groups excluding carboxylic acids is 2. The molecular formula is C22H17ClN2O4. The van der Waals surface area contributed by atoms with Crippen LogP contribution in [0.4, 0.5) is 0 Å². The number of Topliss-reactive ketones (excluding diaryl/α,β-unsaturated/α-hetero) is 1. The molecule has 1 saturated heterocycles. The number of pyridine rings is 1. The Hall–Kier alpha value is -3.38. The number of rotatable bonds is 4. The van der Waals surface area contributed by atoms with Gasteiger partial charge < -0.3 is 14.4 Å². The van der Waals surface area contributed by atoms with Gasteiger partial charge in [0.05, 0.1) is 5.57 Å². The van der Waals surface area contributed by atoms with Gasteiger partial charge in [-0.25, -0.2) is 0 Å². The highest BCUT2D eigenvalue weighted by Crippen LogP contribution is 2.40. The molecule has 146 valence electrons. The quantitative estimate of drug-likeness (QED) is 0.396. The number of amides is 1. The molecule has 3 heterocycles. The summed E-state index contributed by atoms with van der Waals surface area (Å²) in [5.41, 5.74) is 1.13. The Morgan fingerprint density at radius 1 is 1.17 bits per heavy atom. The Bertz CT molecular complexity index is 1100. The maximum absolute atomic E-state index is 12.9. The van der Waals surface area contributed by atoms with Gasteiger partial charge in [-0.15, -0.1) is 0 Å². The monoisotopic (exact) mass is 408 g/mol. The smallest absolute Gasteiger partial charge is 0.296 e. The Labute approximate surface area is 172 Å². The third kappa shape index (κ3) is 3.54. The maximum Gasteiger partial charge on any atom is 0.296 e. The topological polar surface area (TPSA) is 83.6 Å². The van der Waals surface area contributed by atoms with Gasteiger partial charge in [-0.1, -0.05) is 17.7 Å². The second-order valence-electron chi connectivity index (χ2n) is 6.74. The maximum atomic E-state index is 12.9. The zero-order chi connectivity index (χ0) is 20.5. The molecule has 1 aliphatic heterocycles. The lowest BCUT2D eigenvalue weighted by Gasteiger charge is -2.23. The molecule has 2 aromatic heterocycles. The van der Waals surface area contributed by atoms with E-state index < -0.39 is 17.7 Å². The molecule has 0 saturated carbocycles. The summed E-state index contributed by atoms with van der Waals surface area (Å²) in [7, 11) is 0. The SMILES string of the molecule is Cc1ccc(C2/C(=C(/O)c3ccc(Cl)cc3)C(=O)C(=O)N2Cc2cccnc2)o1. The van der Waals surface area contributed by atoms with E-state index in [4.69, 9.17) is 16.0 Å². The van der Waals surface area contributed by atoms with Crippen molar-refractivity contribution in [1.82, 2.24) is 9.88 Å². The molecule has 0 radical (unpaired) electrons. The molecule has 0 bridgehead atoms. The fraction of sp³-hybridized carbons (Fsp3) is 0.136. The zero-order valence-corrected chi connectivity index (χ0v) is 16.3. The summed E-state index contributed by atoms with van der Waals surface area (Å²) in [6.07, 6.45) is 3.26. The Balaban J connectivity index is 1.84. The molecule has 4 rings (SSSR count).